The molecule has 0 aromatic heterocycles. The van der Waals surface area contributed by atoms with Crippen LogP contribution in [0.4, 0.5) is 0 Å². The molecule has 0 aromatic rings. The maximum atomic E-state index is 5.17. The Labute approximate surface area is 84.5 Å². The average Bonchev–Trinajstić information content (AvgIpc) is 2.69. The van der Waals surface area contributed by atoms with Crippen molar-refractivity contribution in [3.63, 3.8) is 0 Å². The molecule has 0 unspecified atom stereocenters. The lowest BCUT2D eigenvalue weighted by Gasteiger charge is -1.90. The fourth-order valence-electron chi connectivity index (χ4n) is 0.784. The normalized spacial score (nSPS) is 15.6. The van der Waals surface area contributed by atoms with Crippen LogP contribution >= 0.6 is 0 Å². The number of rotatable bonds is 1. The number of hydrogen-bond acceptors (Lipinski definition) is 1. The van der Waals surface area contributed by atoms with Crippen LogP contribution < -0.4 is 0 Å². The van der Waals surface area contributed by atoms with E-state index in [4.69, 9.17) is 4.74 Å². The highest BCUT2D eigenvalue weighted by Gasteiger charge is 1.95. The minimum Gasteiger partial charge on any atom is -0.489 e. The molecule has 1 heteroatoms. The highest BCUT2D eigenvalue weighted by Crippen LogP contribution is 2.05. The lowest BCUT2D eigenvalue weighted by atomic mass is 10.4. The Morgan fingerprint density at radius 1 is 1.36 bits per heavy atom. The second-order valence-corrected chi connectivity index (χ2v) is 2.39. The molecule has 0 amide bonds. The van der Waals surface area contributed by atoms with Crippen LogP contribution in [0.3, 0.4) is 0 Å². The molecule has 1 aliphatic rings. The molecule has 0 fully saturated rings. The van der Waals surface area contributed by atoms with Gasteiger partial charge >= 0.3 is 0 Å². The third-order valence-electron chi connectivity index (χ3n) is 1.37. The molecule has 0 N–H and O–H groups in total. The molecule has 0 saturated carbocycles. The molecule has 14 heavy (non-hydrogen) atoms. The van der Waals surface area contributed by atoms with Gasteiger partial charge in [-0.3, -0.25) is 0 Å². The highest BCUT2D eigenvalue weighted by atomic mass is 16.5. The van der Waals surface area contributed by atoms with E-state index in [1.54, 1.807) is 24.3 Å². The van der Waals surface area contributed by atoms with Crippen LogP contribution in [0.1, 0.15) is 0 Å². The van der Waals surface area contributed by atoms with Crippen molar-refractivity contribution in [2.24, 2.45) is 0 Å². The summed E-state index contributed by atoms with van der Waals surface area (Å²) in [5.74, 6) is 11.7. The van der Waals surface area contributed by atoms with Crippen molar-refractivity contribution in [2.45, 2.75) is 0 Å². The molecular formula is C13H10O. The molecule has 1 aliphatic heterocycles. The molecule has 0 aliphatic carbocycles. The quantitative estimate of drug-likeness (QED) is 0.446. The van der Waals surface area contributed by atoms with E-state index < -0.39 is 0 Å². The Morgan fingerprint density at radius 2 is 2.21 bits per heavy atom. The van der Waals surface area contributed by atoms with Gasteiger partial charge in [-0.2, -0.15) is 0 Å². The van der Waals surface area contributed by atoms with Crippen LogP contribution in [0, 0.1) is 23.7 Å². The van der Waals surface area contributed by atoms with Gasteiger partial charge in [-0.05, 0) is 30.1 Å². The van der Waals surface area contributed by atoms with Crippen LogP contribution in [-0.4, -0.2) is 6.61 Å². The van der Waals surface area contributed by atoms with Gasteiger partial charge in [-0.15, -0.1) is 0 Å². The Bertz CT molecular complexity index is 400. The van der Waals surface area contributed by atoms with Crippen molar-refractivity contribution in [1.82, 2.24) is 0 Å². The van der Waals surface area contributed by atoms with Crippen LogP contribution in [0.25, 0.3) is 0 Å². The molecular weight excluding hydrogens is 172 g/mol. The van der Waals surface area contributed by atoms with Gasteiger partial charge in [0.2, 0.25) is 0 Å². The molecule has 0 aromatic carbocycles. The van der Waals surface area contributed by atoms with Crippen LogP contribution in [-0.2, 0) is 4.74 Å². The maximum absolute atomic E-state index is 5.17. The summed E-state index contributed by atoms with van der Waals surface area (Å²) in [4.78, 5) is 0. The largest absolute Gasteiger partial charge is 0.489 e. The monoisotopic (exact) mass is 182 g/mol. The van der Waals surface area contributed by atoms with Gasteiger partial charge in [0.1, 0.15) is 12.4 Å². The van der Waals surface area contributed by atoms with Gasteiger partial charge in [-0.25, -0.2) is 0 Å². The first-order valence-electron chi connectivity index (χ1n) is 4.21. The van der Waals surface area contributed by atoms with Gasteiger partial charge < -0.3 is 4.74 Å². The topological polar surface area (TPSA) is 9.23 Å². The summed E-state index contributed by atoms with van der Waals surface area (Å²) >= 11 is 0. The van der Waals surface area contributed by atoms with Crippen LogP contribution in [0.2, 0.25) is 0 Å². The summed E-state index contributed by atoms with van der Waals surface area (Å²) in [5, 5.41) is 0. The van der Waals surface area contributed by atoms with E-state index in [1.807, 2.05) is 12.2 Å². The van der Waals surface area contributed by atoms with Gasteiger partial charge in [0.25, 0.3) is 0 Å². The molecule has 1 heterocycles. The molecule has 1 rings (SSSR count). The van der Waals surface area contributed by atoms with Gasteiger partial charge in [0.05, 0.1) is 0 Å². The smallest absolute Gasteiger partial charge is 0.127 e. The lowest BCUT2D eigenvalue weighted by Crippen LogP contribution is -1.77. The molecule has 0 bridgehead atoms. The minimum atomic E-state index is 0.640. The Kier molecular flexibility index (Phi) is 4.56. The van der Waals surface area contributed by atoms with Crippen molar-refractivity contribution in [1.29, 1.82) is 0 Å². The number of hydrogen-bond donors (Lipinski definition) is 0. The Hall–Kier alpha value is -2.12. The minimum absolute atomic E-state index is 0.640. The summed E-state index contributed by atoms with van der Waals surface area (Å²) in [7, 11) is 0. The second kappa shape index (κ2) is 6.40. The zero-order valence-electron chi connectivity index (χ0n) is 7.79. The Balaban J connectivity index is 2.43. The van der Waals surface area contributed by atoms with Crippen molar-refractivity contribution in [3.05, 3.63) is 48.8 Å². The first kappa shape index (κ1) is 9.96. The second-order valence-electron chi connectivity index (χ2n) is 2.39. The van der Waals surface area contributed by atoms with E-state index >= 15 is 0 Å². The number of allylic oxidation sites excluding steroid dienone is 5. The molecule has 0 radical (unpaired) electrons. The summed E-state index contributed by atoms with van der Waals surface area (Å²) in [5.41, 5.74) is 0. The van der Waals surface area contributed by atoms with E-state index in [-0.39, 0.29) is 0 Å². The van der Waals surface area contributed by atoms with Crippen molar-refractivity contribution >= 4 is 0 Å². The van der Waals surface area contributed by atoms with Crippen molar-refractivity contribution in [2.75, 3.05) is 6.61 Å². The summed E-state index contributed by atoms with van der Waals surface area (Å²) in [6.45, 7) is 4.16. The molecule has 0 atom stereocenters. The van der Waals surface area contributed by atoms with E-state index in [2.05, 4.69) is 30.3 Å². The van der Waals surface area contributed by atoms with Crippen LogP contribution in [0.5, 0.6) is 0 Å². The molecule has 0 saturated heterocycles. The van der Waals surface area contributed by atoms with Gasteiger partial charge in [0.15, 0.2) is 0 Å². The predicted molar refractivity (Wildman–Crippen MR) is 58.1 cm³/mol. The van der Waals surface area contributed by atoms with Crippen molar-refractivity contribution in [3.8, 4) is 23.7 Å². The van der Waals surface area contributed by atoms with E-state index in [9.17, 15) is 0 Å². The van der Waals surface area contributed by atoms with Crippen molar-refractivity contribution < 1.29 is 4.74 Å². The predicted octanol–water partition coefficient (Wildman–Crippen LogP) is 2.21. The van der Waals surface area contributed by atoms with E-state index in [1.165, 1.54) is 0 Å². The highest BCUT2D eigenvalue weighted by molar-refractivity contribution is 5.36. The third kappa shape index (κ3) is 4.04. The van der Waals surface area contributed by atoms with Gasteiger partial charge in [-0.1, -0.05) is 30.6 Å². The van der Waals surface area contributed by atoms with Gasteiger partial charge in [0, 0.05) is 6.08 Å². The standard InChI is InChI=1S/C13H10O/c1-2-3-4-5-6-7-8-10-13-11-9-12-14-13/h2-4,9-11H,1,12H2/b4-3+,13-10+. The zero-order chi connectivity index (χ0) is 10.1. The zero-order valence-corrected chi connectivity index (χ0v) is 7.79. The Morgan fingerprint density at radius 3 is 2.93 bits per heavy atom. The fraction of sp³-hybridized carbons (Fsp3) is 0.0769. The molecule has 1 nitrogen and oxygen atoms in total. The summed E-state index contributed by atoms with van der Waals surface area (Å²) in [6, 6.07) is 0. The average molecular weight is 182 g/mol. The maximum Gasteiger partial charge on any atom is 0.127 e. The first-order valence-corrected chi connectivity index (χ1v) is 4.21. The molecule has 0 spiro atoms. The van der Waals surface area contributed by atoms with E-state index in [0.717, 1.165) is 5.76 Å². The van der Waals surface area contributed by atoms with E-state index in [0.29, 0.717) is 6.61 Å². The first-order chi connectivity index (χ1) is 6.93. The summed E-state index contributed by atoms with van der Waals surface area (Å²) < 4.78 is 5.17. The molecule has 68 valence electrons. The summed E-state index contributed by atoms with van der Waals surface area (Å²) in [6.07, 6.45) is 10.7. The lowest BCUT2D eigenvalue weighted by molar-refractivity contribution is 0.279. The third-order valence-corrected chi connectivity index (χ3v) is 1.37. The SMILES string of the molecule is C=C/C=C/C#CC#C/C=C1\C=CCO1. The van der Waals surface area contributed by atoms with Crippen LogP contribution in [0.15, 0.2) is 48.8 Å². The number of ether oxygens (including phenoxy) is 1. The fourth-order valence-corrected chi connectivity index (χ4v) is 0.784.